The van der Waals surface area contributed by atoms with Crippen molar-refractivity contribution in [3.63, 3.8) is 0 Å². The van der Waals surface area contributed by atoms with Crippen LogP contribution in [0, 0.1) is 17.8 Å². The van der Waals surface area contributed by atoms with Crippen molar-refractivity contribution in [2.45, 2.75) is 39.4 Å². The second-order valence-corrected chi connectivity index (χ2v) is 9.31. The molecule has 0 aromatic rings. The molecule has 2 N–H and O–H groups in total. The molecule has 0 aliphatic rings. The molecular formula is C18H34N2O4S2. The van der Waals surface area contributed by atoms with Gasteiger partial charge in [0.1, 0.15) is 19.2 Å². The fourth-order valence-electron chi connectivity index (χ4n) is 1.57. The highest BCUT2D eigenvalue weighted by atomic mass is 33.1. The number of hydrogen-bond donors (Lipinski definition) is 2. The third-order valence-electron chi connectivity index (χ3n) is 2.76. The molecule has 0 unspecified atom stereocenters. The van der Waals surface area contributed by atoms with Crippen molar-refractivity contribution in [3.05, 3.63) is 0 Å². The number of nitrogens with one attached hydrogen (secondary N) is 2. The second-order valence-electron chi connectivity index (χ2n) is 6.36. The summed E-state index contributed by atoms with van der Waals surface area (Å²) in [5.74, 6) is 6.82. The molecule has 0 aromatic heterocycles. The Bertz CT molecular complexity index is 423. The van der Waals surface area contributed by atoms with E-state index >= 15 is 0 Å². The lowest BCUT2D eigenvalue weighted by molar-refractivity contribution is 0.0908. The van der Waals surface area contributed by atoms with E-state index in [4.69, 9.17) is 14.2 Å². The molecule has 0 aliphatic carbocycles. The second kappa shape index (κ2) is 16.6. The fourth-order valence-corrected chi connectivity index (χ4v) is 3.77. The van der Waals surface area contributed by atoms with Gasteiger partial charge in [-0.15, -0.1) is 0 Å². The Kier molecular flexibility index (Phi) is 16.2. The van der Waals surface area contributed by atoms with Gasteiger partial charge >= 0.3 is 6.09 Å². The van der Waals surface area contributed by atoms with Crippen molar-refractivity contribution in [1.29, 1.82) is 0 Å². The highest BCUT2D eigenvalue weighted by Crippen LogP contribution is 2.34. The van der Waals surface area contributed by atoms with Crippen LogP contribution in [0.25, 0.3) is 0 Å². The van der Waals surface area contributed by atoms with Crippen molar-refractivity contribution in [3.8, 4) is 11.8 Å². The number of amides is 1. The van der Waals surface area contributed by atoms with E-state index < -0.39 is 6.09 Å². The lowest BCUT2D eigenvalue weighted by Crippen LogP contribution is -2.31. The van der Waals surface area contributed by atoms with Gasteiger partial charge in [-0.1, -0.05) is 54.2 Å². The van der Waals surface area contributed by atoms with Crippen molar-refractivity contribution in [1.82, 2.24) is 10.6 Å². The minimum absolute atomic E-state index is 0.156. The third kappa shape index (κ3) is 18.2. The number of rotatable bonds is 14. The minimum Gasteiger partial charge on any atom is -0.447 e. The SMILES string of the molecule is CCNCC(C)(C)SSCOCCOC(=O)NCCOCC#CC(C)C. The molecule has 152 valence electrons. The van der Waals surface area contributed by atoms with Crippen LogP contribution >= 0.6 is 21.6 Å². The number of alkyl carbamates (subject to hydrolysis) is 1. The first kappa shape index (κ1) is 25.4. The van der Waals surface area contributed by atoms with Crippen molar-refractivity contribution < 1.29 is 19.0 Å². The summed E-state index contributed by atoms with van der Waals surface area (Å²) < 4.78 is 15.9. The predicted molar refractivity (Wildman–Crippen MR) is 111 cm³/mol. The largest absolute Gasteiger partial charge is 0.447 e. The summed E-state index contributed by atoms with van der Waals surface area (Å²) in [6.45, 7) is 14.3. The zero-order chi connectivity index (χ0) is 19.7. The van der Waals surface area contributed by atoms with Gasteiger partial charge in [-0.2, -0.15) is 0 Å². The molecule has 26 heavy (non-hydrogen) atoms. The Morgan fingerprint density at radius 3 is 2.65 bits per heavy atom. The Labute approximate surface area is 166 Å². The van der Waals surface area contributed by atoms with E-state index in [1.54, 1.807) is 21.6 Å². The smallest absolute Gasteiger partial charge is 0.407 e. The third-order valence-corrected chi connectivity index (χ3v) is 5.73. The molecule has 0 saturated carbocycles. The molecule has 0 fully saturated rings. The highest BCUT2D eigenvalue weighted by Gasteiger charge is 2.17. The zero-order valence-corrected chi connectivity index (χ0v) is 18.3. The van der Waals surface area contributed by atoms with Crippen LogP contribution in [0.15, 0.2) is 0 Å². The summed E-state index contributed by atoms with van der Waals surface area (Å²) in [4.78, 5) is 11.5. The van der Waals surface area contributed by atoms with Gasteiger partial charge in [-0.25, -0.2) is 4.79 Å². The summed E-state index contributed by atoms with van der Waals surface area (Å²) >= 11 is 0. The number of ether oxygens (including phenoxy) is 3. The van der Waals surface area contributed by atoms with Crippen LogP contribution in [-0.2, 0) is 14.2 Å². The average Bonchev–Trinajstić information content (AvgIpc) is 2.58. The molecule has 0 heterocycles. The standard InChI is InChI=1S/C18H34N2O4S2/c1-6-19-14-18(4,5)26-25-15-23-12-13-24-17(21)20-9-11-22-10-7-8-16(2)3/h16,19H,6,9-15H2,1-5H3,(H,20,21). The van der Waals surface area contributed by atoms with Crippen molar-refractivity contribution in [2.24, 2.45) is 5.92 Å². The van der Waals surface area contributed by atoms with Gasteiger partial charge in [0.15, 0.2) is 0 Å². The van der Waals surface area contributed by atoms with Crippen molar-refractivity contribution in [2.75, 3.05) is 52.0 Å². The maximum Gasteiger partial charge on any atom is 0.407 e. The molecule has 8 heteroatoms. The van der Waals surface area contributed by atoms with Crippen LogP contribution in [0.3, 0.4) is 0 Å². The molecule has 0 aliphatic heterocycles. The van der Waals surface area contributed by atoms with Gasteiger partial charge in [0.05, 0.1) is 13.2 Å². The molecule has 0 saturated heterocycles. The lowest BCUT2D eigenvalue weighted by atomic mass is 10.2. The number of carbonyl (C=O) groups excluding carboxylic acids is 1. The maximum absolute atomic E-state index is 11.5. The van der Waals surface area contributed by atoms with Crippen LogP contribution in [0.5, 0.6) is 0 Å². The van der Waals surface area contributed by atoms with Gasteiger partial charge < -0.3 is 24.8 Å². The molecule has 0 spiro atoms. The summed E-state index contributed by atoms with van der Waals surface area (Å²) in [6.07, 6.45) is -0.459. The van der Waals surface area contributed by atoms with Gasteiger partial charge in [-0.05, 0) is 20.4 Å². The first-order valence-corrected chi connectivity index (χ1v) is 11.2. The Balaban J connectivity index is 3.43. The molecule has 6 nitrogen and oxygen atoms in total. The highest BCUT2D eigenvalue weighted by molar-refractivity contribution is 8.77. The molecule has 1 amide bonds. The minimum atomic E-state index is -0.459. The van der Waals surface area contributed by atoms with Gasteiger partial charge in [0.2, 0.25) is 0 Å². The Morgan fingerprint density at radius 2 is 1.96 bits per heavy atom. The quantitative estimate of drug-likeness (QED) is 0.199. The van der Waals surface area contributed by atoms with E-state index in [9.17, 15) is 4.79 Å². The Morgan fingerprint density at radius 1 is 1.19 bits per heavy atom. The van der Waals surface area contributed by atoms with Crippen LogP contribution < -0.4 is 10.6 Å². The van der Waals surface area contributed by atoms with E-state index in [-0.39, 0.29) is 11.4 Å². The summed E-state index contributed by atoms with van der Waals surface area (Å²) in [5, 5.41) is 5.96. The topological polar surface area (TPSA) is 68.8 Å². The number of hydrogen-bond acceptors (Lipinski definition) is 7. The van der Waals surface area contributed by atoms with Gasteiger partial charge in [0, 0.05) is 23.8 Å². The van der Waals surface area contributed by atoms with E-state index in [0.29, 0.717) is 38.2 Å². The fraction of sp³-hybridized carbons (Fsp3) is 0.833. The molecule has 0 atom stereocenters. The first-order valence-electron chi connectivity index (χ1n) is 8.93. The summed E-state index contributed by atoms with van der Waals surface area (Å²) in [6, 6.07) is 0. The summed E-state index contributed by atoms with van der Waals surface area (Å²) in [7, 11) is 3.45. The summed E-state index contributed by atoms with van der Waals surface area (Å²) in [5.41, 5.74) is 0. The molecule has 0 aromatic carbocycles. The van der Waals surface area contributed by atoms with Crippen LogP contribution in [-0.4, -0.2) is 62.8 Å². The maximum atomic E-state index is 11.5. The van der Waals surface area contributed by atoms with Crippen LogP contribution in [0.2, 0.25) is 0 Å². The average molecular weight is 407 g/mol. The van der Waals surface area contributed by atoms with E-state index in [1.807, 2.05) is 13.8 Å². The molecule has 0 radical (unpaired) electrons. The monoisotopic (exact) mass is 406 g/mol. The van der Waals surface area contributed by atoms with E-state index in [2.05, 4.69) is 43.2 Å². The zero-order valence-electron chi connectivity index (χ0n) is 16.7. The van der Waals surface area contributed by atoms with E-state index in [1.165, 1.54) is 0 Å². The van der Waals surface area contributed by atoms with Crippen molar-refractivity contribution >= 4 is 27.7 Å². The van der Waals surface area contributed by atoms with E-state index in [0.717, 1.165) is 13.1 Å². The van der Waals surface area contributed by atoms with Crippen LogP contribution in [0.1, 0.15) is 34.6 Å². The molecule has 0 rings (SSSR count). The molecular weight excluding hydrogens is 372 g/mol. The van der Waals surface area contributed by atoms with Crippen LogP contribution in [0.4, 0.5) is 4.79 Å². The lowest BCUT2D eigenvalue weighted by Gasteiger charge is -2.23. The van der Waals surface area contributed by atoms with Gasteiger partial charge in [0.25, 0.3) is 0 Å². The van der Waals surface area contributed by atoms with Gasteiger partial charge in [-0.3, -0.25) is 0 Å². The molecule has 0 bridgehead atoms. The normalized spacial score (nSPS) is 11.2. The predicted octanol–water partition coefficient (Wildman–Crippen LogP) is 3.13. The Hall–Kier alpha value is -0.590. The first-order chi connectivity index (χ1) is 12.4. The number of carbonyl (C=O) groups is 1.